The zero-order valence-corrected chi connectivity index (χ0v) is 16.3. The molecule has 0 saturated carbocycles. The van der Waals surface area contributed by atoms with Crippen molar-refractivity contribution in [2.45, 2.75) is 17.7 Å². The lowest BCUT2D eigenvalue weighted by molar-refractivity contribution is 0.412. The molecule has 28 heavy (non-hydrogen) atoms. The fourth-order valence-corrected chi connectivity index (χ4v) is 4.94. The molecule has 146 valence electrons. The van der Waals surface area contributed by atoms with Gasteiger partial charge >= 0.3 is 0 Å². The van der Waals surface area contributed by atoms with Crippen molar-refractivity contribution in [3.63, 3.8) is 0 Å². The number of pyridine rings is 1. The minimum absolute atomic E-state index is 0.190. The van der Waals surface area contributed by atoms with Crippen LogP contribution in [0.15, 0.2) is 53.7 Å². The molecule has 1 atom stereocenters. The Bertz CT molecular complexity index is 1050. The molecule has 8 nitrogen and oxygen atoms in total. The molecule has 0 radical (unpaired) electrons. The van der Waals surface area contributed by atoms with E-state index in [0.29, 0.717) is 31.1 Å². The summed E-state index contributed by atoms with van der Waals surface area (Å²) in [6, 6.07) is 10.3. The van der Waals surface area contributed by atoms with Crippen molar-refractivity contribution in [3.8, 4) is 17.1 Å². The van der Waals surface area contributed by atoms with E-state index in [9.17, 15) is 8.42 Å². The highest BCUT2D eigenvalue weighted by atomic mass is 32.2. The predicted molar refractivity (Wildman–Crippen MR) is 103 cm³/mol. The van der Waals surface area contributed by atoms with Crippen LogP contribution in [0.1, 0.15) is 12.2 Å². The quantitative estimate of drug-likeness (QED) is 0.681. The molecule has 0 bridgehead atoms. The average molecular weight is 399 g/mol. The second-order valence-corrected chi connectivity index (χ2v) is 8.69. The fraction of sp³-hybridized carbons (Fsp3) is 0.316. The van der Waals surface area contributed by atoms with Gasteiger partial charge in [-0.2, -0.15) is 9.40 Å². The molecule has 3 heterocycles. The van der Waals surface area contributed by atoms with Gasteiger partial charge in [0.2, 0.25) is 10.0 Å². The second kappa shape index (κ2) is 7.69. The summed E-state index contributed by atoms with van der Waals surface area (Å²) in [7, 11) is -2.01. The Labute approximate surface area is 163 Å². The van der Waals surface area contributed by atoms with Crippen molar-refractivity contribution < 1.29 is 13.2 Å². The van der Waals surface area contributed by atoms with Gasteiger partial charge in [0.1, 0.15) is 11.6 Å². The van der Waals surface area contributed by atoms with Crippen LogP contribution in [-0.4, -0.2) is 53.1 Å². The maximum absolute atomic E-state index is 12.9. The molecular weight excluding hydrogens is 378 g/mol. The van der Waals surface area contributed by atoms with Crippen molar-refractivity contribution in [2.24, 2.45) is 5.92 Å². The van der Waals surface area contributed by atoms with Crippen LogP contribution < -0.4 is 4.74 Å². The molecule has 1 aliphatic heterocycles. The number of hydrogen-bond acceptors (Lipinski definition) is 6. The van der Waals surface area contributed by atoms with Gasteiger partial charge in [-0.1, -0.05) is 6.07 Å². The van der Waals surface area contributed by atoms with Gasteiger partial charge in [-0.15, -0.1) is 0 Å². The first-order chi connectivity index (χ1) is 13.6. The van der Waals surface area contributed by atoms with Gasteiger partial charge in [0.25, 0.3) is 0 Å². The molecule has 4 rings (SSSR count). The van der Waals surface area contributed by atoms with Crippen LogP contribution >= 0.6 is 0 Å². The summed E-state index contributed by atoms with van der Waals surface area (Å²) in [6.07, 6.45) is 4.85. The van der Waals surface area contributed by atoms with E-state index < -0.39 is 10.0 Å². The molecule has 9 heteroatoms. The second-order valence-electron chi connectivity index (χ2n) is 6.75. The van der Waals surface area contributed by atoms with E-state index in [1.165, 1.54) is 11.4 Å². The van der Waals surface area contributed by atoms with Gasteiger partial charge in [-0.05, 0) is 36.6 Å². The SMILES string of the molecule is COc1cccc(S(=O)(=O)N2CCC(Cc3nc(-c4cccnc4)n[nH]3)C2)c1. The monoisotopic (exact) mass is 399 g/mol. The minimum Gasteiger partial charge on any atom is -0.497 e. The maximum atomic E-state index is 12.9. The Hall–Kier alpha value is -2.78. The van der Waals surface area contributed by atoms with Gasteiger partial charge in [0.05, 0.1) is 12.0 Å². The molecule has 3 aromatic rings. The van der Waals surface area contributed by atoms with Crippen LogP contribution in [0, 0.1) is 5.92 Å². The molecule has 1 aliphatic rings. The largest absolute Gasteiger partial charge is 0.497 e. The van der Waals surface area contributed by atoms with Crippen molar-refractivity contribution in [3.05, 3.63) is 54.6 Å². The number of hydrogen-bond donors (Lipinski definition) is 1. The Morgan fingerprint density at radius 3 is 2.96 bits per heavy atom. The molecule has 1 N–H and O–H groups in total. The predicted octanol–water partition coefficient (Wildman–Crippen LogP) is 2.13. The van der Waals surface area contributed by atoms with Crippen LogP contribution in [0.4, 0.5) is 0 Å². The van der Waals surface area contributed by atoms with Crippen molar-refractivity contribution in [1.29, 1.82) is 0 Å². The van der Waals surface area contributed by atoms with Crippen molar-refractivity contribution >= 4 is 10.0 Å². The van der Waals surface area contributed by atoms with E-state index in [0.717, 1.165) is 17.8 Å². The molecule has 1 fully saturated rings. The summed E-state index contributed by atoms with van der Waals surface area (Å²) in [5.74, 6) is 2.07. The highest BCUT2D eigenvalue weighted by Gasteiger charge is 2.33. The summed E-state index contributed by atoms with van der Waals surface area (Å²) in [5, 5.41) is 7.20. The molecule has 1 unspecified atom stereocenters. The summed E-state index contributed by atoms with van der Waals surface area (Å²) in [4.78, 5) is 8.85. The Morgan fingerprint density at radius 1 is 1.29 bits per heavy atom. The normalized spacial score (nSPS) is 17.7. The highest BCUT2D eigenvalue weighted by molar-refractivity contribution is 7.89. The number of aromatic nitrogens is 4. The number of aromatic amines is 1. The number of ether oxygens (including phenoxy) is 1. The first kappa shape index (κ1) is 18.6. The van der Waals surface area contributed by atoms with E-state index in [-0.39, 0.29) is 10.8 Å². The third kappa shape index (κ3) is 3.76. The van der Waals surface area contributed by atoms with Crippen molar-refractivity contribution in [2.75, 3.05) is 20.2 Å². The average Bonchev–Trinajstić information content (AvgIpc) is 3.39. The number of nitrogens with zero attached hydrogens (tertiary/aromatic N) is 4. The first-order valence-electron chi connectivity index (χ1n) is 9.02. The van der Waals surface area contributed by atoms with E-state index >= 15 is 0 Å². The highest BCUT2D eigenvalue weighted by Crippen LogP contribution is 2.28. The van der Waals surface area contributed by atoms with E-state index in [1.807, 2.05) is 12.1 Å². The Morgan fingerprint density at radius 2 is 2.18 bits per heavy atom. The smallest absolute Gasteiger partial charge is 0.243 e. The maximum Gasteiger partial charge on any atom is 0.243 e. The van der Waals surface area contributed by atoms with Crippen LogP contribution in [-0.2, 0) is 16.4 Å². The standard InChI is InChI=1S/C19H21N5O3S/c1-27-16-5-2-6-17(11-16)28(25,26)24-9-7-14(13-24)10-18-21-19(23-22-18)15-4-3-8-20-12-15/h2-6,8,11-12,14H,7,9-10,13H2,1H3,(H,21,22,23). The summed E-state index contributed by atoms with van der Waals surface area (Å²) in [6.45, 7) is 0.955. The lowest BCUT2D eigenvalue weighted by Gasteiger charge is -2.17. The van der Waals surface area contributed by atoms with Crippen LogP contribution in [0.2, 0.25) is 0 Å². The van der Waals surface area contributed by atoms with Gasteiger partial charge in [0.15, 0.2) is 5.82 Å². The molecule has 1 saturated heterocycles. The number of benzene rings is 1. The third-order valence-corrected chi connectivity index (χ3v) is 6.72. The Kier molecular flexibility index (Phi) is 5.10. The van der Waals surface area contributed by atoms with Gasteiger partial charge in [-0.3, -0.25) is 10.1 Å². The fourth-order valence-electron chi connectivity index (χ4n) is 3.38. The van der Waals surface area contributed by atoms with Crippen LogP contribution in [0.5, 0.6) is 5.75 Å². The molecule has 0 spiro atoms. The van der Waals surface area contributed by atoms with Gasteiger partial charge in [0, 0.05) is 43.5 Å². The molecule has 1 aromatic carbocycles. The number of sulfonamides is 1. The van der Waals surface area contributed by atoms with E-state index in [4.69, 9.17) is 4.74 Å². The number of H-pyrrole nitrogens is 1. The van der Waals surface area contributed by atoms with Crippen molar-refractivity contribution in [1.82, 2.24) is 24.5 Å². The van der Waals surface area contributed by atoms with Gasteiger partial charge < -0.3 is 4.74 Å². The molecule has 0 aliphatic carbocycles. The number of methoxy groups -OCH3 is 1. The van der Waals surface area contributed by atoms with Crippen LogP contribution in [0.25, 0.3) is 11.4 Å². The van der Waals surface area contributed by atoms with E-state index in [1.54, 1.807) is 36.7 Å². The Balaban J connectivity index is 1.44. The number of rotatable bonds is 6. The zero-order valence-electron chi connectivity index (χ0n) is 15.4. The molecule has 0 amide bonds. The van der Waals surface area contributed by atoms with Crippen LogP contribution in [0.3, 0.4) is 0 Å². The minimum atomic E-state index is -3.54. The first-order valence-corrected chi connectivity index (χ1v) is 10.5. The van der Waals surface area contributed by atoms with Gasteiger partial charge in [-0.25, -0.2) is 13.4 Å². The lowest BCUT2D eigenvalue weighted by Crippen LogP contribution is -2.29. The summed E-state index contributed by atoms with van der Waals surface area (Å²) < 4.78 is 32.5. The summed E-state index contributed by atoms with van der Waals surface area (Å²) >= 11 is 0. The van der Waals surface area contributed by atoms with E-state index in [2.05, 4.69) is 20.2 Å². The molecule has 2 aromatic heterocycles. The molecular formula is C19H21N5O3S. The zero-order chi connectivity index (χ0) is 19.6. The lowest BCUT2D eigenvalue weighted by atomic mass is 10.1. The third-order valence-electron chi connectivity index (χ3n) is 4.86. The summed E-state index contributed by atoms with van der Waals surface area (Å²) in [5.41, 5.74) is 0.846. The number of nitrogens with one attached hydrogen (secondary N) is 1. The topological polar surface area (TPSA) is 101 Å².